The molecule has 0 aliphatic heterocycles. The molecule has 132 valence electrons. The second-order valence-electron chi connectivity index (χ2n) is 6.80. The number of nitrogens with zero attached hydrogens (tertiary/aromatic N) is 1. The topological polar surface area (TPSA) is 23.5 Å². The van der Waals surface area contributed by atoms with Gasteiger partial charge >= 0.3 is 0 Å². The highest BCUT2D eigenvalue weighted by Gasteiger charge is 2.15. The van der Waals surface area contributed by atoms with Crippen LogP contribution in [0.1, 0.15) is 64.0 Å². The molecule has 0 aliphatic carbocycles. The molecule has 0 heterocycles. The molecule has 1 atom stereocenters. The highest BCUT2D eigenvalue weighted by Crippen LogP contribution is 2.25. The number of hydrogen-bond acceptors (Lipinski definition) is 2. The number of rotatable bonds is 11. The molecular formula is C22H33NO. The van der Waals surface area contributed by atoms with Crippen LogP contribution in [0, 0.1) is 0 Å². The molecule has 24 heavy (non-hydrogen) atoms. The first-order chi connectivity index (χ1) is 11.8. The van der Waals surface area contributed by atoms with E-state index in [9.17, 15) is 5.11 Å². The number of fused-ring (bicyclic) bond motifs is 1. The number of benzene rings is 2. The molecular weight excluding hydrogens is 294 g/mol. The third kappa shape index (κ3) is 5.61. The van der Waals surface area contributed by atoms with Gasteiger partial charge < -0.3 is 10.0 Å². The van der Waals surface area contributed by atoms with Crippen molar-refractivity contribution in [2.24, 2.45) is 0 Å². The lowest BCUT2D eigenvalue weighted by atomic mass is 10.00. The van der Waals surface area contributed by atoms with E-state index in [1.807, 2.05) is 0 Å². The van der Waals surface area contributed by atoms with E-state index in [4.69, 9.17) is 0 Å². The van der Waals surface area contributed by atoms with Crippen LogP contribution in [0.25, 0.3) is 10.8 Å². The van der Waals surface area contributed by atoms with Gasteiger partial charge in [-0.2, -0.15) is 0 Å². The number of aliphatic hydroxyl groups excluding tert-OH is 1. The summed E-state index contributed by atoms with van der Waals surface area (Å²) in [6.45, 7) is 7.42. The van der Waals surface area contributed by atoms with Crippen LogP contribution in [-0.2, 0) is 0 Å². The van der Waals surface area contributed by atoms with E-state index in [0.29, 0.717) is 0 Å². The summed E-state index contributed by atoms with van der Waals surface area (Å²) in [6.07, 6.45) is 7.07. The van der Waals surface area contributed by atoms with Crippen molar-refractivity contribution in [3.8, 4) is 0 Å². The van der Waals surface area contributed by atoms with E-state index in [-0.39, 0.29) is 0 Å². The van der Waals surface area contributed by atoms with E-state index >= 15 is 0 Å². The summed E-state index contributed by atoms with van der Waals surface area (Å²) in [7, 11) is 0. The Balaban J connectivity index is 2.05. The fraction of sp³-hybridized carbons (Fsp3) is 0.545. The van der Waals surface area contributed by atoms with Crippen LogP contribution in [0.15, 0.2) is 42.5 Å². The zero-order chi connectivity index (χ0) is 17.2. The molecule has 0 amide bonds. The highest BCUT2D eigenvalue weighted by atomic mass is 16.3. The lowest BCUT2D eigenvalue weighted by Crippen LogP contribution is -2.31. The number of unbranched alkanes of at least 4 members (excludes halogenated alkanes) is 4. The van der Waals surface area contributed by atoms with Gasteiger partial charge in [0.2, 0.25) is 0 Å². The molecule has 0 radical (unpaired) electrons. The van der Waals surface area contributed by atoms with Crippen molar-refractivity contribution < 1.29 is 5.11 Å². The van der Waals surface area contributed by atoms with Gasteiger partial charge in [-0.3, -0.25) is 0 Å². The molecule has 0 aliphatic rings. The average Bonchev–Trinajstić information content (AvgIpc) is 2.61. The standard InChI is InChI=1S/C22H33NO/c1-3-5-9-16-23(17-10-6-4-2)18-22(24)21-15-11-13-19-12-7-8-14-20(19)21/h7-8,11-15,22,24H,3-6,9-10,16-18H2,1-2H3. The number of hydrogen-bond donors (Lipinski definition) is 1. The Hall–Kier alpha value is -1.38. The first-order valence-corrected chi connectivity index (χ1v) is 9.64. The third-order valence-corrected chi connectivity index (χ3v) is 4.77. The minimum atomic E-state index is -0.417. The van der Waals surface area contributed by atoms with Crippen LogP contribution in [0.2, 0.25) is 0 Å². The molecule has 2 heteroatoms. The zero-order valence-corrected chi connectivity index (χ0v) is 15.4. The van der Waals surface area contributed by atoms with Gasteiger partial charge in [0.1, 0.15) is 0 Å². The first-order valence-electron chi connectivity index (χ1n) is 9.64. The van der Waals surface area contributed by atoms with Gasteiger partial charge in [0.05, 0.1) is 6.10 Å². The summed E-state index contributed by atoms with van der Waals surface area (Å²) in [5, 5.41) is 13.2. The van der Waals surface area contributed by atoms with Crippen molar-refractivity contribution in [1.29, 1.82) is 0 Å². The Morgan fingerprint density at radius 2 is 1.46 bits per heavy atom. The molecule has 0 bridgehead atoms. The van der Waals surface area contributed by atoms with Crippen molar-refractivity contribution in [3.63, 3.8) is 0 Å². The molecule has 0 saturated carbocycles. The highest BCUT2D eigenvalue weighted by molar-refractivity contribution is 5.85. The van der Waals surface area contributed by atoms with Crippen LogP contribution in [0.5, 0.6) is 0 Å². The molecule has 0 fully saturated rings. The Bertz CT molecular complexity index is 580. The van der Waals surface area contributed by atoms with Gasteiger partial charge in [0.15, 0.2) is 0 Å². The largest absolute Gasteiger partial charge is 0.387 e. The van der Waals surface area contributed by atoms with Crippen molar-refractivity contribution in [1.82, 2.24) is 4.90 Å². The summed E-state index contributed by atoms with van der Waals surface area (Å²) < 4.78 is 0. The second-order valence-corrected chi connectivity index (χ2v) is 6.80. The van der Waals surface area contributed by atoms with Crippen molar-refractivity contribution >= 4 is 10.8 Å². The summed E-state index contributed by atoms with van der Waals surface area (Å²) in [4.78, 5) is 2.46. The normalized spacial score (nSPS) is 12.8. The van der Waals surface area contributed by atoms with Gasteiger partial charge in [0.25, 0.3) is 0 Å². The van der Waals surface area contributed by atoms with Crippen LogP contribution < -0.4 is 0 Å². The minimum absolute atomic E-state index is 0.417. The first kappa shape index (κ1) is 19.0. The van der Waals surface area contributed by atoms with Crippen molar-refractivity contribution in [3.05, 3.63) is 48.0 Å². The fourth-order valence-electron chi connectivity index (χ4n) is 3.35. The molecule has 0 saturated heterocycles. The van der Waals surface area contributed by atoms with Gasteiger partial charge in [-0.05, 0) is 42.3 Å². The smallest absolute Gasteiger partial charge is 0.0922 e. The van der Waals surface area contributed by atoms with Crippen molar-refractivity contribution in [2.45, 2.75) is 58.5 Å². The Kier molecular flexibility index (Phi) is 8.27. The lowest BCUT2D eigenvalue weighted by molar-refractivity contribution is 0.111. The molecule has 2 nitrogen and oxygen atoms in total. The number of aliphatic hydroxyl groups is 1. The van der Waals surface area contributed by atoms with E-state index in [0.717, 1.165) is 25.2 Å². The van der Waals surface area contributed by atoms with E-state index in [1.54, 1.807) is 0 Å². The Morgan fingerprint density at radius 3 is 2.12 bits per heavy atom. The zero-order valence-electron chi connectivity index (χ0n) is 15.4. The average molecular weight is 328 g/mol. The quantitative estimate of drug-likeness (QED) is 0.546. The van der Waals surface area contributed by atoms with Gasteiger partial charge in [-0.15, -0.1) is 0 Å². The maximum atomic E-state index is 10.9. The maximum Gasteiger partial charge on any atom is 0.0922 e. The predicted octanol–water partition coefficient (Wildman–Crippen LogP) is 5.56. The third-order valence-electron chi connectivity index (χ3n) is 4.77. The molecule has 0 aromatic heterocycles. The molecule has 1 N–H and O–H groups in total. The SMILES string of the molecule is CCCCCN(CCCCC)CC(O)c1cccc2ccccc12. The predicted molar refractivity (Wildman–Crippen MR) is 104 cm³/mol. The fourth-order valence-corrected chi connectivity index (χ4v) is 3.35. The summed E-state index contributed by atoms with van der Waals surface area (Å²) in [5.74, 6) is 0. The summed E-state index contributed by atoms with van der Waals surface area (Å²) in [5.41, 5.74) is 1.06. The van der Waals surface area contributed by atoms with Crippen LogP contribution in [0.4, 0.5) is 0 Å². The molecule has 2 rings (SSSR count). The van der Waals surface area contributed by atoms with Crippen LogP contribution >= 0.6 is 0 Å². The van der Waals surface area contributed by atoms with Gasteiger partial charge in [-0.25, -0.2) is 0 Å². The maximum absolute atomic E-state index is 10.9. The van der Waals surface area contributed by atoms with Crippen molar-refractivity contribution in [2.75, 3.05) is 19.6 Å². The van der Waals surface area contributed by atoms with E-state index < -0.39 is 6.10 Å². The minimum Gasteiger partial charge on any atom is -0.387 e. The van der Waals surface area contributed by atoms with Gasteiger partial charge in [-0.1, -0.05) is 82.0 Å². The summed E-state index contributed by atoms with van der Waals surface area (Å²) in [6, 6.07) is 14.6. The van der Waals surface area contributed by atoms with E-state index in [2.05, 4.69) is 61.2 Å². The molecule has 2 aromatic carbocycles. The Morgan fingerprint density at radius 1 is 0.833 bits per heavy atom. The molecule has 1 unspecified atom stereocenters. The molecule has 0 spiro atoms. The molecule has 2 aromatic rings. The van der Waals surface area contributed by atoms with E-state index in [1.165, 1.54) is 49.3 Å². The van der Waals surface area contributed by atoms with Crippen LogP contribution in [-0.4, -0.2) is 29.6 Å². The Labute approximate surface area is 147 Å². The lowest BCUT2D eigenvalue weighted by Gasteiger charge is -2.26. The summed E-state index contributed by atoms with van der Waals surface area (Å²) >= 11 is 0. The second kappa shape index (κ2) is 10.5. The van der Waals surface area contributed by atoms with Gasteiger partial charge in [0, 0.05) is 6.54 Å². The monoisotopic (exact) mass is 327 g/mol. The van der Waals surface area contributed by atoms with Crippen LogP contribution in [0.3, 0.4) is 0 Å².